The summed E-state index contributed by atoms with van der Waals surface area (Å²) in [6.07, 6.45) is 3.81. The van der Waals surface area contributed by atoms with Gasteiger partial charge in [-0.25, -0.2) is 0 Å². The van der Waals surface area contributed by atoms with E-state index in [1.54, 1.807) is 12.1 Å². The molecular weight excluding hydrogens is 309 g/mol. The molecule has 2 rings (SSSR count). The Bertz CT molecular complexity index is 547. The third-order valence-electron chi connectivity index (χ3n) is 4.58. The molecule has 1 aliphatic rings. The fourth-order valence-electron chi connectivity index (χ4n) is 3.21. The van der Waals surface area contributed by atoms with Crippen LogP contribution in [0, 0.1) is 11.3 Å². The second-order valence-electron chi connectivity index (χ2n) is 6.71. The number of hydrogen-bond acceptors (Lipinski definition) is 2. The van der Waals surface area contributed by atoms with Gasteiger partial charge in [0.1, 0.15) is 0 Å². The molecular formula is C16H21Cl2NO2. The Morgan fingerprint density at radius 3 is 2.43 bits per heavy atom. The Labute approximate surface area is 135 Å². The normalized spacial score (nSPS) is 20.2. The van der Waals surface area contributed by atoms with Crippen LogP contribution in [-0.2, 0) is 4.79 Å². The van der Waals surface area contributed by atoms with E-state index in [0.717, 1.165) is 25.7 Å². The van der Waals surface area contributed by atoms with E-state index in [1.165, 1.54) is 0 Å². The van der Waals surface area contributed by atoms with Gasteiger partial charge in [0.2, 0.25) is 0 Å². The molecule has 0 aromatic heterocycles. The van der Waals surface area contributed by atoms with Crippen molar-refractivity contribution in [1.82, 2.24) is 0 Å². The van der Waals surface area contributed by atoms with Crippen molar-refractivity contribution in [2.45, 2.75) is 45.4 Å². The van der Waals surface area contributed by atoms with E-state index in [9.17, 15) is 9.90 Å². The van der Waals surface area contributed by atoms with Gasteiger partial charge in [0.25, 0.3) is 0 Å². The number of carbonyl (C=O) groups is 1. The number of aliphatic carboxylic acids is 1. The summed E-state index contributed by atoms with van der Waals surface area (Å²) in [6.45, 7) is 4.45. The smallest absolute Gasteiger partial charge is 0.311 e. The quantitative estimate of drug-likeness (QED) is 0.770. The van der Waals surface area contributed by atoms with E-state index in [2.05, 4.69) is 13.8 Å². The van der Waals surface area contributed by atoms with Crippen molar-refractivity contribution in [2.24, 2.45) is 11.3 Å². The summed E-state index contributed by atoms with van der Waals surface area (Å²) < 4.78 is 0. The monoisotopic (exact) mass is 329 g/mol. The molecule has 3 nitrogen and oxygen atoms in total. The number of benzene rings is 1. The maximum absolute atomic E-state index is 11.8. The lowest BCUT2D eigenvalue weighted by atomic mass is 9.68. The van der Waals surface area contributed by atoms with Crippen LogP contribution >= 0.6 is 23.2 Å². The molecule has 5 heteroatoms. The summed E-state index contributed by atoms with van der Waals surface area (Å²) in [7, 11) is 0. The van der Waals surface area contributed by atoms with Crippen molar-refractivity contribution >= 4 is 34.9 Å². The van der Waals surface area contributed by atoms with Crippen molar-refractivity contribution in [3.05, 3.63) is 27.7 Å². The first-order valence-electron chi connectivity index (χ1n) is 7.18. The van der Waals surface area contributed by atoms with E-state index in [0.29, 0.717) is 21.3 Å². The third-order valence-corrected chi connectivity index (χ3v) is 5.11. The van der Waals surface area contributed by atoms with Crippen molar-refractivity contribution < 1.29 is 9.90 Å². The lowest BCUT2D eigenvalue weighted by Gasteiger charge is -2.37. The standard InChI is InChI=1S/C16H21Cl2NO2/c1-16(2)5-3-9(4-6-16)13(15(20)21)11-7-10(17)8-12(18)14(11)19/h7-9,13H,3-6,19H2,1-2H3,(H,20,21). The lowest BCUT2D eigenvalue weighted by Crippen LogP contribution is -2.29. The van der Waals surface area contributed by atoms with Gasteiger partial charge in [0.05, 0.1) is 16.6 Å². The van der Waals surface area contributed by atoms with Gasteiger partial charge < -0.3 is 10.8 Å². The summed E-state index contributed by atoms with van der Waals surface area (Å²) in [6, 6.07) is 3.19. The van der Waals surface area contributed by atoms with Gasteiger partial charge in [0, 0.05) is 5.02 Å². The average molecular weight is 330 g/mol. The number of halogens is 2. The summed E-state index contributed by atoms with van der Waals surface area (Å²) in [5.74, 6) is -1.42. The minimum Gasteiger partial charge on any atom is -0.481 e. The van der Waals surface area contributed by atoms with Crippen LogP contribution in [0.25, 0.3) is 0 Å². The average Bonchev–Trinajstić information content (AvgIpc) is 2.37. The zero-order valence-corrected chi connectivity index (χ0v) is 13.8. The molecule has 116 valence electrons. The maximum atomic E-state index is 11.8. The van der Waals surface area contributed by atoms with Gasteiger partial charge in [-0.15, -0.1) is 0 Å². The number of carboxylic acid groups (broad SMARTS) is 1. The van der Waals surface area contributed by atoms with Gasteiger partial charge >= 0.3 is 5.97 Å². The number of nitrogens with two attached hydrogens (primary N) is 1. The molecule has 0 aliphatic heterocycles. The van der Waals surface area contributed by atoms with Crippen molar-refractivity contribution in [3.63, 3.8) is 0 Å². The summed E-state index contributed by atoms with van der Waals surface area (Å²) in [5.41, 5.74) is 7.16. The van der Waals surface area contributed by atoms with Crippen LogP contribution in [0.15, 0.2) is 12.1 Å². The zero-order chi connectivity index (χ0) is 15.8. The topological polar surface area (TPSA) is 63.3 Å². The Kier molecular flexibility index (Phi) is 4.74. The van der Waals surface area contributed by atoms with Crippen molar-refractivity contribution in [2.75, 3.05) is 5.73 Å². The number of hydrogen-bond donors (Lipinski definition) is 2. The van der Waals surface area contributed by atoms with E-state index in [4.69, 9.17) is 28.9 Å². The molecule has 0 radical (unpaired) electrons. The Morgan fingerprint density at radius 2 is 1.90 bits per heavy atom. The molecule has 0 saturated heterocycles. The van der Waals surface area contributed by atoms with Crippen LogP contribution in [0.1, 0.15) is 51.0 Å². The van der Waals surface area contributed by atoms with Gasteiger partial charge in [-0.2, -0.15) is 0 Å². The number of anilines is 1. The maximum Gasteiger partial charge on any atom is 0.311 e. The van der Waals surface area contributed by atoms with Crippen LogP contribution in [0.3, 0.4) is 0 Å². The van der Waals surface area contributed by atoms with E-state index >= 15 is 0 Å². The molecule has 3 N–H and O–H groups in total. The molecule has 0 heterocycles. The lowest BCUT2D eigenvalue weighted by molar-refractivity contribution is -0.140. The van der Waals surface area contributed by atoms with E-state index in [1.807, 2.05) is 0 Å². The molecule has 0 amide bonds. The van der Waals surface area contributed by atoms with Crippen LogP contribution in [0.5, 0.6) is 0 Å². The fraction of sp³-hybridized carbons (Fsp3) is 0.562. The molecule has 1 saturated carbocycles. The minimum absolute atomic E-state index is 0.0763. The largest absolute Gasteiger partial charge is 0.481 e. The predicted octanol–water partition coefficient (Wildman–Crippen LogP) is 4.96. The van der Waals surface area contributed by atoms with Gasteiger partial charge in [-0.1, -0.05) is 37.0 Å². The van der Waals surface area contributed by atoms with Gasteiger partial charge in [0.15, 0.2) is 0 Å². The fourth-order valence-corrected chi connectivity index (χ4v) is 3.71. The first kappa shape index (κ1) is 16.4. The predicted molar refractivity (Wildman–Crippen MR) is 87.0 cm³/mol. The molecule has 0 bridgehead atoms. The summed E-state index contributed by atoms with van der Waals surface area (Å²) in [5, 5.41) is 10.4. The molecule has 1 aromatic carbocycles. The zero-order valence-electron chi connectivity index (χ0n) is 12.3. The third kappa shape index (κ3) is 3.64. The van der Waals surface area contributed by atoms with E-state index in [-0.39, 0.29) is 11.3 Å². The number of nitrogen functional groups attached to an aromatic ring is 1. The Balaban J connectivity index is 2.35. The molecule has 1 unspecified atom stereocenters. The van der Waals surface area contributed by atoms with Crippen LogP contribution in [0.2, 0.25) is 10.0 Å². The van der Waals surface area contributed by atoms with Crippen LogP contribution < -0.4 is 5.73 Å². The number of carboxylic acids is 1. The molecule has 1 fully saturated rings. The first-order chi connectivity index (χ1) is 9.71. The molecule has 1 aromatic rings. The molecule has 21 heavy (non-hydrogen) atoms. The molecule has 0 spiro atoms. The second kappa shape index (κ2) is 6.05. The highest BCUT2D eigenvalue weighted by Crippen LogP contribution is 2.45. The summed E-state index contributed by atoms with van der Waals surface area (Å²) in [4.78, 5) is 11.8. The highest BCUT2D eigenvalue weighted by molar-refractivity contribution is 6.36. The van der Waals surface area contributed by atoms with Gasteiger partial charge in [-0.05, 0) is 54.7 Å². The Hall–Kier alpha value is -0.930. The molecule has 1 atom stereocenters. The second-order valence-corrected chi connectivity index (χ2v) is 7.55. The highest BCUT2D eigenvalue weighted by Gasteiger charge is 2.36. The van der Waals surface area contributed by atoms with Crippen molar-refractivity contribution in [3.8, 4) is 0 Å². The van der Waals surface area contributed by atoms with Gasteiger partial charge in [-0.3, -0.25) is 4.79 Å². The Morgan fingerprint density at radius 1 is 1.33 bits per heavy atom. The van der Waals surface area contributed by atoms with Crippen LogP contribution in [-0.4, -0.2) is 11.1 Å². The first-order valence-corrected chi connectivity index (χ1v) is 7.94. The minimum atomic E-state index is -0.857. The van der Waals surface area contributed by atoms with Crippen LogP contribution in [0.4, 0.5) is 5.69 Å². The SMILES string of the molecule is CC1(C)CCC(C(C(=O)O)c2cc(Cl)cc(Cl)c2N)CC1. The summed E-state index contributed by atoms with van der Waals surface area (Å²) >= 11 is 12.1. The highest BCUT2D eigenvalue weighted by atomic mass is 35.5. The van der Waals surface area contributed by atoms with Crippen molar-refractivity contribution in [1.29, 1.82) is 0 Å². The number of rotatable bonds is 3. The molecule has 1 aliphatic carbocycles. The van der Waals surface area contributed by atoms with E-state index < -0.39 is 11.9 Å².